The molecule has 0 radical (unpaired) electrons. The highest BCUT2D eigenvalue weighted by Crippen LogP contribution is 2.39. The molecule has 5 nitrogen and oxygen atoms in total. The van der Waals surface area contributed by atoms with Crippen molar-refractivity contribution >= 4 is 23.4 Å². The molecule has 0 bridgehead atoms. The topological polar surface area (TPSA) is 53.1 Å². The van der Waals surface area contributed by atoms with Crippen molar-refractivity contribution < 1.29 is 0 Å². The van der Waals surface area contributed by atoms with E-state index < -0.39 is 0 Å². The SMILES string of the molecule is CN(C)CCNc1nc(NCc2cccc(Cl)c2)cc(C2CC2)n1. The zero-order valence-electron chi connectivity index (χ0n) is 14.2. The van der Waals surface area contributed by atoms with Crippen LogP contribution < -0.4 is 10.6 Å². The van der Waals surface area contributed by atoms with Gasteiger partial charge in [0.1, 0.15) is 5.82 Å². The molecule has 0 aliphatic heterocycles. The molecule has 0 spiro atoms. The number of nitrogens with zero attached hydrogens (tertiary/aromatic N) is 3. The molecule has 0 atom stereocenters. The Morgan fingerprint density at radius 2 is 2.00 bits per heavy atom. The molecular formula is C18H24ClN5. The molecule has 3 rings (SSSR count). The third kappa shape index (κ3) is 5.08. The van der Waals surface area contributed by atoms with Crippen LogP contribution in [0.25, 0.3) is 0 Å². The second-order valence-electron chi connectivity index (χ2n) is 6.49. The molecule has 6 heteroatoms. The Kier molecular flexibility index (Phi) is 5.53. The first-order valence-electron chi connectivity index (χ1n) is 8.36. The summed E-state index contributed by atoms with van der Waals surface area (Å²) in [7, 11) is 4.11. The first-order valence-corrected chi connectivity index (χ1v) is 8.74. The van der Waals surface area contributed by atoms with E-state index in [1.807, 2.05) is 18.2 Å². The largest absolute Gasteiger partial charge is 0.366 e. The maximum Gasteiger partial charge on any atom is 0.224 e. The van der Waals surface area contributed by atoms with Crippen molar-refractivity contribution in [3.8, 4) is 0 Å². The Balaban J connectivity index is 1.67. The standard InChI is InChI=1S/C18H24ClN5/c1-24(2)9-8-20-18-22-16(14-6-7-14)11-17(23-18)21-12-13-4-3-5-15(19)10-13/h3-5,10-11,14H,6-9,12H2,1-2H3,(H2,20,21,22,23). The fraction of sp³-hybridized carbons (Fsp3) is 0.444. The molecule has 0 amide bonds. The molecule has 24 heavy (non-hydrogen) atoms. The van der Waals surface area contributed by atoms with Gasteiger partial charge in [0, 0.05) is 36.6 Å². The zero-order valence-corrected chi connectivity index (χ0v) is 15.0. The van der Waals surface area contributed by atoms with Crippen LogP contribution in [0.2, 0.25) is 5.02 Å². The third-order valence-corrected chi connectivity index (χ3v) is 4.18. The maximum absolute atomic E-state index is 6.04. The minimum absolute atomic E-state index is 0.592. The Hall–Kier alpha value is -1.85. The Bertz CT molecular complexity index is 685. The van der Waals surface area contributed by atoms with Crippen LogP contribution in [0.3, 0.4) is 0 Å². The summed E-state index contributed by atoms with van der Waals surface area (Å²) in [5.41, 5.74) is 2.27. The lowest BCUT2D eigenvalue weighted by Crippen LogP contribution is -2.21. The molecule has 1 fully saturated rings. The lowest BCUT2D eigenvalue weighted by molar-refractivity contribution is 0.425. The summed E-state index contributed by atoms with van der Waals surface area (Å²) < 4.78 is 0. The first-order chi connectivity index (χ1) is 11.6. The molecule has 0 saturated heterocycles. The predicted octanol–water partition coefficient (Wildman–Crippen LogP) is 3.59. The van der Waals surface area contributed by atoms with Crippen molar-refractivity contribution in [3.63, 3.8) is 0 Å². The van der Waals surface area contributed by atoms with Gasteiger partial charge in [-0.15, -0.1) is 0 Å². The van der Waals surface area contributed by atoms with Gasteiger partial charge in [0.2, 0.25) is 5.95 Å². The van der Waals surface area contributed by atoms with Crippen molar-refractivity contribution in [1.82, 2.24) is 14.9 Å². The number of anilines is 2. The normalized spacial score (nSPS) is 14.0. The average Bonchev–Trinajstić information content (AvgIpc) is 3.37. The molecule has 0 unspecified atom stereocenters. The van der Waals surface area contributed by atoms with Crippen molar-refractivity contribution in [3.05, 3.63) is 46.6 Å². The summed E-state index contributed by atoms with van der Waals surface area (Å²) in [5, 5.41) is 7.46. The van der Waals surface area contributed by atoms with Crippen LogP contribution in [0.5, 0.6) is 0 Å². The van der Waals surface area contributed by atoms with E-state index in [1.54, 1.807) is 0 Å². The van der Waals surface area contributed by atoms with E-state index >= 15 is 0 Å². The number of hydrogen-bond donors (Lipinski definition) is 2. The Morgan fingerprint density at radius 1 is 1.17 bits per heavy atom. The van der Waals surface area contributed by atoms with Crippen LogP contribution in [0.15, 0.2) is 30.3 Å². The van der Waals surface area contributed by atoms with Crippen LogP contribution >= 0.6 is 11.6 Å². The van der Waals surface area contributed by atoms with Gasteiger partial charge in [-0.2, -0.15) is 4.98 Å². The molecule has 1 aliphatic rings. The van der Waals surface area contributed by atoms with Gasteiger partial charge in [0.25, 0.3) is 0 Å². The van der Waals surface area contributed by atoms with E-state index in [0.29, 0.717) is 18.4 Å². The zero-order chi connectivity index (χ0) is 16.9. The van der Waals surface area contributed by atoms with Crippen molar-refractivity contribution in [1.29, 1.82) is 0 Å². The molecular weight excluding hydrogens is 322 g/mol. The van der Waals surface area contributed by atoms with Crippen LogP contribution in [-0.4, -0.2) is 42.1 Å². The fourth-order valence-electron chi connectivity index (χ4n) is 2.45. The number of halogens is 1. The first kappa shape index (κ1) is 17.0. The quantitative estimate of drug-likeness (QED) is 0.765. The summed E-state index contributed by atoms with van der Waals surface area (Å²) >= 11 is 6.04. The van der Waals surface area contributed by atoms with Crippen LogP contribution in [0.4, 0.5) is 11.8 Å². The van der Waals surface area contributed by atoms with Gasteiger partial charge in [-0.25, -0.2) is 4.98 Å². The highest BCUT2D eigenvalue weighted by molar-refractivity contribution is 6.30. The number of aromatic nitrogens is 2. The summed E-state index contributed by atoms with van der Waals surface area (Å²) in [5.74, 6) is 2.16. The van der Waals surface area contributed by atoms with Gasteiger partial charge < -0.3 is 15.5 Å². The number of hydrogen-bond acceptors (Lipinski definition) is 5. The molecule has 1 aromatic heterocycles. The Morgan fingerprint density at radius 3 is 2.71 bits per heavy atom. The number of benzene rings is 1. The molecule has 1 aromatic carbocycles. The summed E-state index contributed by atoms with van der Waals surface area (Å²) in [6.45, 7) is 2.47. The highest BCUT2D eigenvalue weighted by atomic mass is 35.5. The van der Waals surface area contributed by atoms with Crippen molar-refractivity contribution in [2.75, 3.05) is 37.8 Å². The van der Waals surface area contributed by atoms with Crippen LogP contribution in [-0.2, 0) is 6.54 Å². The van der Waals surface area contributed by atoms with Gasteiger partial charge in [-0.3, -0.25) is 0 Å². The molecule has 1 aliphatic carbocycles. The van der Waals surface area contributed by atoms with Crippen LogP contribution in [0, 0.1) is 0 Å². The van der Waals surface area contributed by atoms with E-state index in [4.69, 9.17) is 11.6 Å². The van der Waals surface area contributed by atoms with Gasteiger partial charge in [-0.1, -0.05) is 23.7 Å². The lowest BCUT2D eigenvalue weighted by atomic mass is 10.2. The van der Waals surface area contributed by atoms with Gasteiger partial charge >= 0.3 is 0 Å². The summed E-state index contributed by atoms with van der Waals surface area (Å²) in [6, 6.07) is 9.93. The lowest BCUT2D eigenvalue weighted by Gasteiger charge is -2.13. The highest BCUT2D eigenvalue weighted by Gasteiger charge is 2.26. The number of nitrogens with one attached hydrogen (secondary N) is 2. The summed E-state index contributed by atoms with van der Waals surface area (Å²) in [4.78, 5) is 11.4. The molecule has 2 aromatic rings. The minimum Gasteiger partial charge on any atom is -0.366 e. The second kappa shape index (κ2) is 7.81. The van der Waals surface area contributed by atoms with E-state index in [0.717, 1.165) is 35.2 Å². The molecule has 1 saturated carbocycles. The van der Waals surface area contributed by atoms with Gasteiger partial charge in [0.15, 0.2) is 0 Å². The van der Waals surface area contributed by atoms with E-state index in [-0.39, 0.29) is 0 Å². The molecule has 128 valence electrons. The molecule has 2 N–H and O–H groups in total. The summed E-state index contributed by atoms with van der Waals surface area (Å²) in [6.07, 6.45) is 2.45. The van der Waals surface area contributed by atoms with E-state index in [9.17, 15) is 0 Å². The number of rotatable bonds is 8. The number of likely N-dealkylation sites (N-methyl/N-ethyl adjacent to an activating group) is 1. The maximum atomic E-state index is 6.04. The van der Waals surface area contributed by atoms with Crippen LogP contribution in [0.1, 0.15) is 30.0 Å². The smallest absolute Gasteiger partial charge is 0.224 e. The van der Waals surface area contributed by atoms with Gasteiger partial charge in [-0.05, 0) is 44.6 Å². The van der Waals surface area contributed by atoms with Crippen molar-refractivity contribution in [2.24, 2.45) is 0 Å². The Labute approximate surface area is 148 Å². The second-order valence-corrected chi connectivity index (χ2v) is 6.93. The van der Waals surface area contributed by atoms with E-state index in [1.165, 1.54) is 12.8 Å². The average molecular weight is 346 g/mol. The van der Waals surface area contributed by atoms with E-state index in [2.05, 4.69) is 51.7 Å². The predicted molar refractivity (Wildman–Crippen MR) is 99.8 cm³/mol. The third-order valence-electron chi connectivity index (χ3n) is 3.95. The monoisotopic (exact) mass is 345 g/mol. The minimum atomic E-state index is 0.592. The fourth-order valence-corrected chi connectivity index (χ4v) is 2.67. The van der Waals surface area contributed by atoms with Crippen molar-refractivity contribution in [2.45, 2.75) is 25.3 Å². The molecule has 1 heterocycles. The van der Waals surface area contributed by atoms with Gasteiger partial charge in [0.05, 0.1) is 5.69 Å².